The topological polar surface area (TPSA) is 71.1 Å². The highest BCUT2D eigenvalue weighted by atomic mass is 19.1. The van der Waals surface area contributed by atoms with Crippen molar-refractivity contribution in [2.24, 2.45) is 10.9 Å². The highest BCUT2D eigenvalue weighted by Gasteiger charge is 2.20. The first-order valence-electron chi connectivity index (χ1n) is 7.11. The van der Waals surface area contributed by atoms with E-state index in [1.807, 2.05) is 0 Å². The molecule has 0 unspecified atom stereocenters. The Morgan fingerprint density at radius 2 is 2.10 bits per heavy atom. The minimum Gasteiger partial charge on any atom is -0.409 e. The van der Waals surface area contributed by atoms with Crippen LogP contribution in [-0.2, 0) is 4.74 Å². The Bertz CT molecular complexity index is 476. The number of hydrogen-bond acceptors (Lipinski definition) is 4. The van der Waals surface area contributed by atoms with Crippen molar-refractivity contribution in [3.63, 3.8) is 0 Å². The summed E-state index contributed by atoms with van der Waals surface area (Å²) in [5.41, 5.74) is 6.83. The predicted octanol–water partition coefficient (Wildman–Crippen LogP) is 2.56. The first-order chi connectivity index (χ1) is 10.1. The largest absolute Gasteiger partial charge is 0.409 e. The number of anilines is 1. The molecule has 0 amide bonds. The number of methoxy groups -OCH3 is 1. The van der Waals surface area contributed by atoms with Gasteiger partial charge in [-0.1, -0.05) is 19.0 Å². The van der Waals surface area contributed by atoms with Gasteiger partial charge in [-0.25, -0.2) is 4.39 Å². The van der Waals surface area contributed by atoms with Crippen LogP contribution >= 0.6 is 0 Å². The molecule has 0 aliphatic carbocycles. The molecule has 0 aliphatic rings. The van der Waals surface area contributed by atoms with E-state index in [1.165, 1.54) is 12.1 Å². The van der Waals surface area contributed by atoms with Gasteiger partial charge in [-0.05, 0) is 31.0 Å². The zero-order chi connectivity index (χ0) is 15.8. The minimum absolute atomic E-state index is 0.0992. The van der Waals surface area contributed by atoms with Crippen molar-refractivity contribution in [3.05, 3.63) is 29.6 Å². The van der Waals surface area contributed by atoms with E-state index in [1.54, 1.807) is 13.2 Å². The van der Waals surface area contributed by atoms with Crippen LogP contribution in [0.25, 0.3) is 0 Å². The average molecular weight is 297 g/mol. The summed E-state index contributed by atoms with van der Waals surface area (Å²) >= 11 is 0. The lowest BCUT2D eigenvalue weighted by molar-refractivity contribution is 0.202. The molecule has 0 atom stereocenters. The monoisotopic (exact) mass is 297 g/mol. The van der Waals surface area contributed by atoms with E-state index in [4.69, 9.17) is 15.7 Å². The van der Waals surface area contributed by atoms with Crippen molar-refractivity contribution in [1.82, 2.24) is 0 Å². The molecule has 21 heavy (non-hydrogen) atoms. The van der Waals surface area contributed by atoms with E-state index in [0.29, 0.717) is 18.7 Å². The van der Waals surface area contributed by atoms with Crippen LogP contribution in [0.5, 0.6) is 0 Å². The Labute approximate surface area is 125 Å². The van der Waals surface area contributed by atoms with Crippen LogP contribution in [0.3, 0.4) is 0 Å². The van der Waals surface area contributed by atoms with Gasteiger partial charge in [0.15, 0.2) is 5.84 Å². The zero-order valence-electron chi connectivity index (χ0n) is 12.8. The molecule has 3 N–H and O–H groups in total. The summed E-state index contributed by atoms with van der Waals surface area (Å²) in [6, 6.07) is 4.60. The van der Waals surface area contributed by atoms with Crippen LogP contribution in [0.2, 0.25) is 0 Å². The Hall–Kier alpha value is -1.82. The van der Waals surface area contributed by atoms with Crippen molar-refractivity contribution in [3.8, 4) is 0 Å². The second-order valence-corrected chi connectivity index (χ2v) is 4.80. The number of halogens is 1. The molecule has 0 spiro atoms. The maximum Gasteiger partial charge on any atom is 0.172 e. The van der Waals surface area contributed by atoms with E-state index >= 15 is 0 Å². The van der Waals surface area contributed by atoms with E-state index in [2.05, 4.69) is 23.9 Å². The standard InChI is InChI=1S/C15H24FN3O2/c1-4-12(5-2)19(8-9-21-3)14-7-6-11(16)10-13(14)15(17)18-20/h6-7,10,12,20H,4-5,8-9H2,1-3H3,(H2,17,18). The lowest BCUT2D eigenvalue weighted by atomic mass is 10.1. The van der Waals surface area contributed by atoms with Crippen LogP contribution in [0.1, 0.15) is 32.3 Å². The Morgan fingerprint density at radius 3 is 2.62 bits per heavy atom. The van der Waals surface area contributed by atoms with E-state index in [-0.39, 0.29) is 11.9 Å². The van der Waals surface area contributed by atoms with Gasteiger partial charge in [-0.15, -0.1) is 0 Å². The van der Waals surface area contributed by atoms with Crippen molar-refractivity contribution in [2.45, 2.75) is 32.7 Å². The minimum atomic E-state index is -0.420. The second kappa shape index (κ2) is 8.46. The quantitative estimate of drug-likeness (QED) is 0.335. The van der Waals surface area contributed by atoms with Gasteiger partial charge in [0, 0.05) is 30.9 Å². The summed E-state index contributed by atoms with van der Waals surface area (Å²) in [7, 11) is 1.64. The fourth-order valence-corrected chi connectivity index (χ4v) is 2.44. The van der Waals surface area contributed by atoms with Crippen LogP contribution < -0.4 is 10.6 Å². The second-order valence-electron chi connectivity index (χ2n) is 4.80. The molecule has 0 saturated heterocycles. The number of hydrogen-bond donors (Lipinski definition) is 2. The van der Waals surface area contributed by atoms with Crippen molar-refractivity contribution < 1.29 is 14.3 Å². The number of nitrogens with zero attached hydrogens (tertiary/aromatic N) is 2. The summed E-state index contributed by atoms with van der Waals surface area (Å²) in [6.45, 7) is 5.39. The highest BCUT2D eigenvalue weighted by molar-refractivity contribution is 6.02. The SMILES string of the molecule is CCC(CC)N(CCOC)c1ccc(F)cc1C(N)=NO. The molecule has 6 heteroatoms. The number of nitrogens with two attached hydrogens (primary N) is 1. The third-order valence-corrected chi connectivity index (χ3v) is 3.57. The number of amidine groups is 1. The molecule has 0 fully saturated rings. The molecule has 1 rings (SSSR count). The van der Waals surface area contributed by atoms with Crippen molar-refractivity contribution in [2.75, 3.05) is 25.2 Å². The van der Waals surface area contributed by atoms with Crippen LogP contribution in [0, 0.1) is 5.82 Å². The first-order valence-corrected chi connectivity index (χ1v) is 7.11. The normalized spacial score (nSPS) is 12.0. The number of benzene rings is 1. The Kier molecular flexibility index (Phi) is 6.94. The van der Waals surface area contributed by atoms with Gasteiger partial charge in [0.1, 0.15) is 5.82 Å². The van der Waals surface area contributed by atoms with Crippen LogP contribution in [0.15, 0.2) is 23.4 Å². The maximum absolute atomic E-state index is 13.5. The molecule has 118 valence electrons. The summed E-state index contributed by atoms with van der Waals surface area (Å²) in [6.07, 6.45) is 1.88. The fraction of sp³-hybridized carbons (Fsp3) is 0.533. The van der Waals surface area contributed by atoms with E-state index in [9.17, 15) is 4.39 Å². The van der Waals surface area contributed by atoms with Crippen LogP contribution in [-0.4, -0.2) is 37.3 Å². The van der Waals surface area contributed by atoms with Gasteiger partial charge in [0.05, 0.1) is 6.61 Å². The van der Waals surface area contributed by atoms with Crippen LogP contribution in [0.4, 0.5) is 10.1 Å². The zero-order valence-corrected chi connectivity index (χ0v) is 12.8. The van der Waals surface area contributed by atoms with Gasteiger partial charge >= 0.3 is 0 Å². The summed E-state index contributed by atoms with van der Waals surface area (Å²) in [5.74, 6) is -0.519. The fourth-order valence-electron chi connectivity index (χ4n) is 2.44. The molecule has 1 aromatic carbocycles. The number of ether oxygens (including phenoxy) is 1. The molecular formula is C15H24FN3O2. The van der Waals surface area contributed by atoms with Gasteiger partial charge in [0.25, 0.3) is 0 Å². The van der Waals surface area contributed by atoms with E-state index in [0.717, 1.165) is 18.5 Å². The maximum atomic E-state index is 13.5. The average Bonchev–Trinajstić information content (AvgIpc) is 2.51. The van der Waals surface area contributed by atoms with Crippen molar-refractivity contribution in [1.29, 1.82) is 0 Å². The third kappa shape index (κ3) is 4.32. The lowest BCUT2D eigenvalue weighted by Gasteiger charge is -2.34. The molecule has 0 saturated carbocycles. The van der Waals surface area contributed by atoms with Gasteiger partial charge in [-0.2, -0.15) is 0 Å². The molecule has 5 nitrogen and oxygen atoms in total. The predicted molar refractivity (Wildman–Crippen MR) is 82.5 cm³/mol. The Morgan fingerprint density at radius 1 is 1.43 bits per heavy atom. The third-order valence-electron chi connectivity index (χ3n) is 3.57. The van der Waals surface area contributed by atoms with Gasteiger partial charge in [-0.3, -0.25) is 0 Å². The van der Waals surface area contributed by atoms with E-state index < -0.39 is 5.82 Å². The molecule has 0 radical (unpaired) electrons. The molecular weight excluding hydrogens is 273 g/mol. The summed E-state index contributed by atoms with van der Waals surface area (Å²) < 4.78 is 18.6. The summed E-state index contributed by atoms with van der Waals surface area (Å²) in [5, 5.41) is 11.9. The smallest absolute Gasteiger partial charge is 0.172 e. The summed E-state index contributed by atoms with van der Waals surface area (Å²) in [4.78, 5) is 2.12. The van der Waals surface area contributed by atoms with Gasteiger partial charge < -0.3 is 20.6 Å². The van der Waals surface area contributed by atoms with Crippen molar-refractivity contribution >= 4 is 11.5 Å². The first kappa shape index (κ1) is 17.2. The molecule has 0 heterocycles. The number of rotatable bonds is 8. The molecule has 1 aromatic rings. The molecule has 0 aromatic heterocycles. The number of oxime groups is 1. The molecule has 0 aliphatic heterocycles. The lowest BCUT2D eigenvalue weighted by Crippen LogP contribution is -2.38. The highest BCUT2D eigenvalue weighted by Crippen LogP contribution is 2.25. The van der Waals surface area contributed by atoms with Gasteiger partial charge in [0.2, 0.25) is 0 Å². The molecule has 0 bridgehead atoms. The Balaban J connectivity index is 3.28.